The van der Waals surface area contributed by atoms with Gasteiger partial charge in [0.05, 0.1) is 4.92 Å². The summed E-state index contributed by atoms with van der Waals surface area (Å²) in [6, 6.07) is 13.0. The first kappa shape index (κ1) is 23.8. The van der Waals surface area contributed by atoms with Crippen molar-refractivity contribution in [3.63, 3.8) is 0 Å². The maximum absolute atomic E-state index is 12.4. The van der Waals surface area contributed by atoms with Crippen LogP contribution in [0.2, 0.25) is 0 Å². The number of carbonyl (C=O) groups excluding carboxylic acids is 1. The minimum Gasteiger partial charge on any atom is -0.351 e. The Morgan fingerprint density at radius 2 is 1.85 bits per heavy atom. The van der Waals surface area contributed by atoms with Gasteiger partial charge in [-0.25, -0.2) is 4.98 Å². The molecular formula is C24H28N6O3S. The van der Waals surface area contributed by atoms with Crippen molar-refractivity contribution in [2.45, 2.75) is 20.3 Å². The quantitative estimate of drug-likeness (QED) is 0.390. The lowest BCUT2D eigenvalue weighted by atomic mass is 10.1. The van der Waals surface area contributed by atoms with Crippen molar-refractivity contribution in [2.24, 2.45) is 0 Å². The number of carbonyl (C=O) groups is 1. The normalized spacial score (nSPS) is 14.2. The summed E-state index contributed by atoms with van der Waals surface area (Å²) in [5, 5.41) is 14.9. The number of benzene rings is 2. The lowest BCUT2D eigenvalue weighted by Crippen LogP contribution is -2.48. The molecule has 2 heterocycles. The van der Waals surface area contributed by atoms with Crippen molar-refractivity contribution in [3.05, 3.63) is 80.7 Å². The number of hydrogen-bond donors (Lipinski definition) is 1. The standard InChI is InChI=1S/C24H28N6O3S/c1-17-3-6-19(7-4-17)15-22-26-24(34-27-22)29-13-11-28(12-14-29)10-9-25-23(31)20-8-5-18(2)21(16-20)30(32)33/h3-8,16H,9-15H2,1-2H3,(H,25,31). The summed E-state index contributed by atoms with van der Waals surface area (Å²) in [5.41, 5.74) is 3.26. The molecule has 34 heavy (non-hydrogen) atoms. The van der Waals surface area contributed by atoms with E-state index in [0.717, 1.165) is 50.1 Å². The highest BCUT2D eigenvalue weighted by molar-refractivity contribution is 7.09. The number of nitrogens with zero attached hydrogens (tertiary/aromatic N) is 5. The van der Waals surface area contributed by atoms with Gasteiger partial charge in [0.25, 0.3) is 11.6 Å². The fraction of sp³-hybridized carbons (Fsp3) is 0.375. The first-order valence-electron chi connectivity index (χ1n) is 11.3. The summed E-state index contributed by atoms with van der Waals surface area (Å²) in [5.74, 6) is 0.557. The van der Waals surface area contributed by atoms with E-state index >= 15 is 0 Å². The molecule has 178 valence electrons. The Morgan fingerprint density at radius 3 is 2.56 bits per heavy atom. The molecule has 1 amide bonds. The lowest BCUT2D eigenvalue weighted by Gasteiger charge is -2.34. The van der Waals surface area contributed by atoms with Gasteiger partial charge < -0.3 is 10.2 Å². The summed E-state index contributed by atoms with van der Waals surface area (Å²) >= 11 is 1.44. The maximum atomic E-state index is 12.4. The Bertz CT molecular complexity index is 1160. The largest absolute Gasteiger partial charge is 0.351 e. The molecule has 9 nitrogen and oxygen atoms in total. The van der Waals surface area contributed by atoms with Crippen LogP contribution in [-0.2, 0) is 6.42 Å². The molecule has 0 aliphatic carbocycles. The molecule has 0 unspecified atom stereocenters. The number of amides is 1. The Balaban J connectivity index is 1.21. The molecule has 10 heteroatoms. The third-order valence-electron chi connectivity index (χ3n) is 5.96. The summed E-state index contributed by atoms with van der Waals surface area (Å²) in [6.45, 7) is 8.41. The van der Waals surface area contributed by atoms with E-state index in [1.807, 2.05) is 0 Å². The van der Waals surface area contributed by atoms with E-state index in [9.17, 15) is 14.9 Å². The third-order valence-corrected chi connectivity index (χ3v) is 6.78. The van der Waals surface area contributed by atoms with Gasteiger partial charge in [0.2, 0.25) is 5.13 Å². The number of piperazine rings is 1. The maximum Gasteiger partial charge on any atom is 0.273 e. The highest BCUT2D eigenvalue weighted by Crippen LogP contribution is 2.21. The summed E-state index contributed by atoms with van der Waals surface area (Å²) in [7, 11) is 0. The second kappa shape index (κ2) is 10.7. The summed E-state index contributed by atoms with van der Waals surface area (Å²) in [4.78, 5) is 32.3. The fourth-order valence-corrected chi connectivity index (χ4v) is 4.61. The van der Waals surface area contributed by atoms with Gasteiger partial charge in [-0.2, -0.15) is 4.37 Å². The van der Waals surface area contributed by atoms with Crippen LogP contribution < -0.4 is 10.2 Å². The van der Waals surface area contributed by atoms with Crippen LogP contribution in [0.5, 0.6) is 0 Å². The molecule has 1 aliphatic heterocycles. The molecule has 0 atom stereocenters. The molecule has 1 saturated heterocycles. The molecule has 0 radical (unpaired) electrons. The summed E-state index contributed by atoms with van der Waals surface area (Å²) < 4.78 is 4.53. The molecule has 1 aromatic heterocycles. The first-order chi connectivity index (χ1) is 16.4. The van der Waals surface area contributed by atoms with Gasteiger partial charge in [-0.1, -0.05) is 35.9 Å². The van der Waals surface area contributed by atoms with E-state index < -0.39 is 4.92 Å². The molecular weight excluding hydrogens is 452 g/mol. The van der Waals surface area contributed by atoms with Crippen molar-refractivity contribution in [3.8, 4) is 0 Å². The topological polar surface area (TPSA) is 105 Å². The monoisotopic (exact) mass is 480 g/mol. The zero-order valence-corrected chi connectivity index (χ0v) is 20.2. The smallest absolute Gasteiger partial charge is 0.273 e. The van der Waals surface area contributed by atoms with Crippen molar-refractivity contribution in [1.29, 1.82) is 0 Å². The number of hydrogen-bond acceptors (Lipinski definition) is 8. The van der Waals surface area contributed by atoms with Gasteiger partial charge in [0.15, 0.2) is 0 Å². The van der Waals surface area contributed by atoms with E-state index in [1.165, 1.54) is 28.7 Å². The van der Waals surface area contributed by atoms with Crippen molar-refractivity contribution < 1.29 is 9.72 Å². The Kier molecular flexibility index (Phi) is 7.49. The van der Waals surface area contributed by atoms with E-state index in [-0.39, 0.29) is 11.6 Å². The van der Waals surface area contributed by atoms with Crippen LogP contribution in [0.3, 0.4) is 0 Å². The Labute approximate surface area is 202 Å². The van der Waals surface area contributed by atoms with Gasteiger partial charge in [0, 0.05) is 74.4 Å². The number of nitro benzene ring substituents is 1. The predicted molar refractivity (Wildman–Crippen MR) is 133 cm³/mol. The second-order valence-corrected chi connectivity index (χ2v) is 9.23. The summed E-state index contributed by atoms with van der Waals surface area (Å²) in [6.07, 6.45) is 0.737. The van der Waals surface area contributed by atoms with Crippen LogP contribution in [0.25, 0.3) is 0 Å². The highest BCUT2D eigenvalue weighted by atomic mass is 32.1. The average Bonchev–Trinajstić information content (AvgIpc) is 3.29. The van der Waals surface area contributed by atoms with Crippen molar-refractivity contribution in [1.82, 2.24) is 19.6 Å². The number of aryl methyl sites for hydroxylation is 2. The average molecular weight is 481 g/mol. The molecule has 0 bridgehead atoms. The van der Waals surface area contributed by atoms with Crippen LogP contribution in [0.1, 0.15) is 32.9 Å². The van der Waals surface area contributed by atoms with Crippen molar-refractivity contribution in [2.75, 3.05) is 44.2 Å². The zero-order valence-electron chi connectivity index (χ0n) is 19.4. The number of nitrogens with one attached hydrogen (secondary N) is 1. The van der Waals surface area contributed by atoms with E-state index in [1.54, 1.807) is 19.1 Å². The Hall–Kier alpha value is -3.37. The van der Waals surface area contributed by atoms with E-state index in [0.29, 0.717) is 17.7 Å². The molecule has 0 saturated carbocycles. The molecule has 1 N–H and O–H groups in total. The molecule has 3 aromatic rings. The van der Waals surface area contributed by atoms with Crippen LogP contribution in [0.4, 0.5) is 10.8 Å². The van der Waals surface area contributed by atoms with E-state index in [2.05, 4.69) is 50.7 Å². The van der Waals surface area contributed by atoms with E-state index in [4.69, 9.17) is 4.98 Å². The van der Waals surface area contributed by atoms with Crippen LogP contribution in [-0.4, -0.2) is 64.4 Å². The highest BCUT2D eigenvalue weighted by Gasteiger charge is 2.20. The van der Waals surface area contributed by atoms with Crippen LogP contribution >= 0.6 is 11.5 Å². The molecule has 0 spiro atoms. The third kappa shape index (κ3) is 5.95. The predicted octanol–water partition coefficient (Wildman–Crippen LogP) is 3.21. The minimum atomic E-state index is -0.463. The fourth-order valence-electron chi connectivity index (χ4n) is 3.87. The number of aromatic nitrogens is 2. The number of nitro groups is 1. The van der Waals surface area contributed by atoms with Gasteiger partial charge in [-0.3, -0.25) is 19.8 Å². The molecule has 4 rings (SSSR count). The molecule has 2 aromatic carbocycles. The first-order valence-corrected chi connectivity index (χ1v) is 12.0. The molecule has 1 aliphatic rings. The SMILES string of the molecule is Cc1ccc(Cc2nsc(N3CCN(CCNC(=O)c4ccc(C)c([N+](=O)[O-])c4)CC3)n2)cc1. The van der Waals surface area contributed by atoms with Gasteiger partial charge in [-0.05, 0) is 25.5 Å². The van der Waals surface area contributed by atoms with Gasteiger partial charge in [0.1, 0.15) is 5.82 Å². The van der Waals surface area contributed by atoms with Crippen LogP contribution in [0, 0.1) is 24.0 Å². The Morgan fingerprint density at radius 1 is 1.12 bits per heavy atom. The van der Waals surface area contributed by atoms with Crippen molar-refractivity contribution >= 4 is 28.3 Å². The minimum absolute atomic E-state index is 0.0394. The lowest BCUT2D eigenvalue weighted by molar-refractivity contribution is -0.385. The van der Waals surface area contributed by atoms with Gasteiger partial charge in [-0.15, -0.1) is 0 Å². The van der Waals surface area contributed by atoms with Gasteiger partial charge >= 0.3 is 0 Å². The molecule has 1 fully saturated rings. The second-order valence-electron chi connectivity index (χ2n) is 8.50. The van der Waals surface area contributed by atoms with Crippen LogP contribution in [0.15, 0.2) is 42.5 Å². The zero-order chi connectivity index (χ0) is 24.1. The number of rotatable bonds is 8. The number of anilines is 1.